The van der Waals surface area contributed by atoms with Gasteiger partial charge in [0.2, 0.25) is 0 Å². The summed E-state index contributed by atoms with van der Waals surface area (Å²) in [6.45, 7) is 2.08. The number of urea groups is 1. The molecule has 1 saturated carbocycles. The SMILES string of the molecule is COc1ccc(N2CCN(C(N)=O)C(Cc3ccccc3)C2)cc1OC1CCC1. The van der Waals surface area contributed by atoms with Gasteiger partial charge in [-0.1, -0.05) is 30.3 Å². The predicted octanol–water partition coefficient (Wildman–Crippen LogP) is 3.44. The number of amides is 2. The zero-order chi connectivity index (χ0) is 20.2. The largest absolute Gasteiger partial charge is 0.493 e. The van der Waals surface area contributed by atoms with Gasteiger partial charge in [-0.05, 0) is 43.4 Å². The Bertz CT molecular complexity index is 839. The molecule has 1 unspecified atom stereocenters. The van der Waals surface area contributed by atoms with E-state index in [1.165, 1.54) is 12.0 Å². The lowest BCUT2D eigenvalue weighted by Crippen LogP contribution is -2.57. The molecule has 2 N–H and O–H groups in total. The first-order valence-corrected chi connectivity index (χ1v) is 10.3. The molecule has 1 aliphatic carbocycles. The fourth-order valence-electron chi connectivity index (χ4n) is 4.06. The van der Waals surface area contributed by atoms with Crippen LogP contribution in [0.15, 0.2) is 48.5 Å². The minimum absolute atomic E-state index is 0.0294. The van der Waals surface area contributed by atoms with Crippen molar-refractivity contribution in [3.63, 3.8) is 0 Å². The number of benzene rings is 2. The molecule has 1 saturated heterocycles. The maximum Gasteiger partial charge on any atom is 0.315 e. The van der Waals surface area contributed by atoms with Crippen LogP contribution in [-0.4, -0.2) is 49.8 Å². The normalized spacial score (nSPS) is 19.6. The summed E-state index contributed by atoms with van der Waals surface area (Å²) in [5.41, 5.74) is 7.95. The second-order valence-electron chi connectivity index (χ2n) is 7.83. The average Bonchev–Trinajstić information content (AvgIpc) is 2.71. The number of nitrogens with zero attached hydrogens (tertiary/aromatic N) is 2. The van der Waals surface area contributed by atoms with E-state index in [0.29, 0.717) is 6.54 Å². The summed E-state index contributed by atoms with van der Waals surface area (Å²) in [6.07, 6.45) is 4.50. The van der Waals surface area contributed by atoms with Gasteiger partial charge in [0.05, 0.1) is 19.3 Å². The van der Waals surface area contributed by atoms with Crippen molar-refractivity contribution in [2.45, 2.75) is 37.8 Å². The number of methoxy groups -OCH3 is 1. The van der Waals surface area contributed by atoms with Crippen molar-refractivity contribution in [3.8, 4) is 11.5 Å². The molecule has 29 heavy (non-hydrogen) atoms. The first kappa shape index (κ1) is 19.4. The molecular formula is C23H29N3O3. The van der Waals surface area contributed by atoms with Gasteiger partial charge in [-0.15, -0.1) is 0 Å². The Morgan fingerprint density at radius 3 is 2.55 bits per heavy atom. The van der Waals surface area contributed by atoms with Crippen molar-refractivity contribution in [2.24, 2.45) is 5.73 Å². The van der Waals surface area contributed by atoms with E-state index >= 15 is 0 Å². The van der Waals surface area contributed by atoms with E-state index in [1.807, 2.05) is 24.3 Å². The number of hydrogen-bond acceptors (Lipinski definition) is 4. The third kappa shape index (κ3) is 4.42. The molecule has 0 aromatic heterocycles. The highest BCUT2D eigenvalue weighted by Crippen LogP contribution is 2.36. The van der Waals surface area contributed by atoms with E-state index in [2.05, 4.69) is 29.2 Å². The van der Waals surface area contributed by atoms with Crippen LogP contribution in [0.3, 0.4) is 0 Å². The lowest BCUT2D eigenvalue weighted by Gasteiger charge is -2.42. The Morgan fingerprint density at radius 2 is 1.90 bits per heavy atom. The van der Waals surface area contributed by atoms with E-state index in [9.17, 15) is 4.79 Å². The Morgan fingerprint density at radius 1 is 1.10 bits per heavy atom. The minimum Gasteiger partial charge on any atom is -0.493 e. The van der Waals surface area contributed by atoms with Gasteiger partial charge in [0.1, 0.15) is 0 Å². The zero-order valence-electron chi connectivity index (χ0n) is 16.9. The molecule has 2 aromatic carbocycles. The van der Waals surface area contributed by atoms with E-state index in [1.54, 1.807) is 12.0 Å². The van der Waals surface area contributed by atoms with Crippen LogP contribution in [-0.2, 0) is 6.42 Å². The highest BCUT2D eigenvalue weighted by atomic mass is 16.5. The number of rotatable bonds is 6. The number of anilines is 1. The molecule has 2 amide bonds. The molecule has 1 aliphatic heterocycles. The Labute approximate surface area is 172 Å². The van der Waals surface area contributed by atoms with Crippen LogP contribution < -0.4 is 20.1 Å². The van der Waals surface area contributed by atoms with Crippen molar-refractivity contribution < 1.29 is 14.3 Å². The summed E-state index contributed by atoms with van der Waals surface area (Å²) in [7, 11) is 1.67. The molecule has 2 aromatic rings. The predicted molar refractivity (Wildman–Crippen MR) is 114 cm³/mol. The maximum absolute atomic E-state index is 12.0. The molecule has 154 valence electrons. The smallest absolute Gasteiger partial charge is 0.315 e. The standard InChI is InChI=1S/C23H29N3O3/c1-28-21-11-10-18(15-22(21)29-20-8-5-9-20)25-12-13-26(23(24)27)19(16-25)14-17-6-3-2-4-7-17/h2-4,6-7,10-11,15,19-20H,5,8-9,12-14,16H2,1H3,(H2,24,27). The van der Waals surface area contributed by atoms with Gasteiger partial charge in [-0.2, -0.15) is 0 Å². The zero-order valence-corrected chi connectivity index (χ0v) is 16.9. The number of ether oxygens (including phenoxy) is 2. The van der Waals surface area contributed by atoms with Crippen molar-refractivity contribution in [1.82, 2.24) is 4.90 Å². The van der Waals surface area contributed by atoms with Crippen molar-refractivity contribution in [1.29, 1.82) is 0 Å². The Balaban J connectivity index is 1.53. The first-order chi connectivity index (χ1) is 14.1. The minimum atomic E-state index is -0.352. The molecule has 6 heteroatoms. The van der Waals surface area contributed by atoms with E-state index in [-0.39, 0.29) is 18.2 Å². The van der Waals surface area contributed by atoms with Crippen molar-refractivity contribution >= 4 is 11.7 Å². The Kier molecular flexibility index (Phi) is 5.79. The molecule has 4 rings (SSSR count). The maximum atomic E-state index is 12.0. The van der Waals surface area contributed by atoms with Gasteiger partial charge in [0.15, 0.2) is 11.5 Å². The summed E-state index contributed by atoms with van der Waals surface area (Å²) in [4.78, 5) is 16.1. The van der Waals surface area contributed by atoms with Crippen LogP contribution in [0, 0.1) is 0 Å². The summed E-state index contributed by atoms with van der Waals surface area (Å²) in [5.74, 6) is 1.56. The lowest BCUT2D eigenvalue weighted by atomic mass is 9.96. The molecular weight excluding hydrogens is 366 g/mol. The number of carbonyl (C=O) groups excluding carboxylic acids is 1. The van der Waals surface area contributed by atoms with Crippen LogP contribution in [0.25, 0.3) is 0 Å². The summed E-state index contributed by atoms with van der Waals surface area (Å²) < 4.78 is 11.6. The van der Waals surface area contributed by atoms with Crippen LogP contribution in [0.2, 0.25) is 0 Å². The number of nitrogens with two attached hydrogens (primary N) is 1. The van der Waals surface area contributed by atoms with Crippen LogP contribution >= 0.6 is 0 Å². The summed E-state index contributed by atoms with van der Waals surface area (Å²) >= 11 is 0. The van der Waals surface area contributed by atoms with Crippen LogP contribution in [0.4, 0.5) is 10.5 Å². The van der Waals surface area contributed by atoms with E-state index in [4.69, 9.17) is 15.2 Å². The highest BCUT2D eigenvalue weighted by molar-refractivity contribution is 5.73. The number of primary amides is 1. The molecule has 0 spiro atoms. The fraction of sp³-hybridized carbons (Fsp3) is 0.435. The monoisotopic (exact) mass is 395 g/mol. The Hall–Kier alpha value is -2.89. The highest BCUT2D eigenvalue weighted by Gasteiger charge is 2.30. The molecule has 1 heterocycles. The molecule has 0 bridgehead atoms. The third-order valence-corrected chi connectivity index (χ3v) is 5.94. The van der Waals surface area contributed by atoms with Gasteiger partial charge >= 0.3 is 6.03 Å². The molecule has 2 fully saturated rings. The van der Waals surface area contributed by atoms with Crippen molar-refractivity contribution in [2.75, 3.05) is 31.6 Å². The second kappa shape index (κ2) is 8.64. The van der Waals surface area contributed by atoms with E-state index < -0.39 is 0 Å². The van der Waals surface area contributed by atoms with Gasteiger partial charge < -0.3 is 25.0 Å². The molecule has 0 radical (unpaired) electrons. The molecule has 2 aliphatic rings. The van der Waals surface area contributed by atoms with E-state index in [0.717, 1.165) is 49.5 Å². The summed E-state index contributed by atoms with van der Waals surface area (Å²) in [5, 5.41) is 0. The average molecular weight is 396 g/mol. The quantitative estimate of drug-likeness (QED) is 0.814. The number of hydrogen-bond donors (Lipinski definition) is 1. The second-order valence-corrected chi connectivity index (χ2v) is 7.83. The van der Waals surface area contributed by atoms with Crippen molar-refractivity contribution in [3.05, 3.63) is 54.1 Å². The van der Waals surface area contributed by atoms with Crippen LogP contribution in [0.5, 0.6) is 11.5 Å². The molecule has 1 atom stereocenters. The summed E-state index contributed by atoms with van der Waals surface area (Å²) in [6, 6.07) is 16.0. The number of carbonyl (C=O) groups is 1. The van der Waals surface area contributed by atoms with Crippen LogP contribution in [0.1, 0.15) is 24.8 Å². The molecule has 6 nitrogen and oxygen atoms in total. The first-order valence-electron chi connectivity index (χ1n) is 10.3. The lowest BCUT2D eigenvalue weighted by molar-refractivity contribution is 0.116. The van der Waals surface area contributed by atoms with Gasteiger partial charge in [-0.3, -0.25) is 0 Å². The fourth-order valence-corrected chi connectivity index (χ4v) is 4.06. The number of piperazine rings is 1. The van der Waals surface area contributed by atoms with Gasteiger partial charge in [-0.25, -0.2) is 4.79 Å². The van der Waals surface area contributed by atoms with Gasteiger partial charge in [0, 0.05) is 31.4 Å². The topological polar surface area (TPSA) is 68.0 Å². The van der Waals surface area contributed by atoms with Gasteiger partial charge in [0.25, 0.3) is 0 Å². The third-order valence-electron chi connectivity index (χ3n) is 5.94.